The third-order valence-electron chi connectivity index (χ3n) is 2.64. The Hall–Kier alpha value is -1.06. The highest BCUT2D eigenvalue weighted by molar-refractivity contribution is 6.31. The average molecular weight is 242 g/mol. The fourth-order valence-electron chi connectivity index (χ4n) is 1.52. The molecule has 1 aromatic rings. The van der Waals surface area contributed by atoms with Crippen molar-refractivity contribution in [3.63, 3.8) is 0 Å². The van der Waals surface area contributed by atoms with E-state index < -0.39 is 12.0 Å². The number of hydrogen-bond donors (Lipinski definition) is 1. The van der Waals surface area contributed by atoms with Gasteiger partial charge in [-0.25, -0.2) is 0 Å². The second-order valence-corrected chi connectivity index (χ2v) is 4.08. The number of aliphatic carboxylic acids is 1. The quantitative estimate of drug-likeness (QED) is 0.862. The number of benzene rings is 1. The zero-order valence-corrected chi connectivity index (χ0v) is 10.2. The van der Waals surface area contributed by atoms with Gasteiger partial charge in [-0.2, -0.15) is 0 Å². The number of rotatable bonds is 5. The van der Waals surface area contributed by atoms with Crippen LogP contribution in [0.2, 0.25) is 5.02 Å². The first kappa shape index (κ1) is 13.0. The predicted octanol–water partition coefficient (Wildman–Crippen LogP) is 2.64. The van der Waals surface area contributed by atoms with Gasteiger partial charge >= 0.3 is 5.97 Å². The molecule has 1 rings (SSSR count). The van der Waals surface area contributed by atoms with E-state index in [1.165, 1.54) is 0 Å². The number of hydrogen-bond acceptors (Lipinski definition) is 2. The Morgan fingerprint density at radius 1 is 1.50 bits per heavy atom. The van der Waals surface area contributed by atoms with Crippen LogP contribution in [0.4, 0.5) is 0 Å². The van der Waals surface area contributed by atoms with E-state index in [9.17, 15) is 4.79 Å². The molecule has 3 nitrogen and oxygen atoms in total. The summed E-state index contributed by atoms with van der Waals surface area (Å²) in [6.45, 7) is 4.86. The molecule has 1 N–H and O–H groups in total. The summed E-state index contributed by atoms with van der Waals surface area (Å²) in [4.78, 5) is 12.8. The molecular formula is C12H16ClNO2. The van der Waals surface area contributed by atoms with Crippen molar-refractivity contribution < 1.29 is 9.90 Å². The number of carbonyl (C=O) groups is 1. The second kappa shape index (κ2) is 5.87. The van der Waals surface area contributed by atoms with E-state index in [2.05, 4.69) is 0 Å². The minimum Gasteiger partial charge on any atom is -0.480 e. The highest BCUT2D eigenvalue weighted by Gasteiger charge is 2.19. The van der Waals surface area contributed by atoms with Crippen molar-refractivity contribution in [2.45, 2.75) is 26.4 Å². The van der Waals surface area contributed by atoms with Gasteiger partial charge in [0.15, 0.2) is 0 Å². The van der Waals surface area contributed by atoms with Gasteiger partial charge in [-0.15, -0.1) is 0 Å². The summed E-state index contributed by atoms with van der Waals surface area (Å²) >= 11 is 6.04. The summed E-state index contributed by atoms with van der Waals surface area (Å²) in [7, 11) is 0. The van der Waals surface area contributed by atoms with Gasteiger partial charge in [-0.1, -0.05) is 36.7 Å². The first-order chi connectivity index (χ1) is 7.56. The third-order valence-corrected chi connectivity index (χ3v) is 3.01. The second-order valence-electron chi connectivity index (χ2n) is 3.67. The number of likely N-dealkylation sites (N-methyl/N-ethyl adjacent to an activating group) is 1. The van der Waals surface area contributed by atoms with Gasteiger partial charge in [0, 0.05) is 11.6 Å². The smallest absolute Gasteiger partial charge is 0.320 e. The molecule has 0 fully saturated rings. The Morgan fingerprint density at radius 2 is 2.12 bits per heavy atom. The summed E-state index contributed by atoms with van der Waals surface area (Å²) < 4.78 is 0. The van der Waals surface area contributed by atoms with E-state index in [4.69, 9.17) is 16.7 Å². The van der Waals surface area contributed by atoms with Gasteiger partial charge in [-0.3, -0.25) is 9.69 Å². The van der Waals surface area contributed by atoms with Crippen molar-refractivity contribution in [3.8, 4) is 0 Å². The normalized spacial score (nSPS) is 12.8. The lowest BCUT2D eigenvalue weighted by molar-refractivity contribution is -0.142. The van der Waals surface area contributed by atoms with Crippen LogP contribution in [0, 0.1) is 0 Å². The van der Waals surface area contributed by atoms with Gasteiger partial charge in [0.1, 0.15) is 6.04 Å². The van der Waals surface area contributed by atoms with Crippen molar-refractivity contribution in [1.82, 2.24) is 4.90 Å². The van der Waals surface area contributed by atoms with Crippen molar-refractivity contribution >= 4 is 17.6 Å². The zero-order chi connectivity index (χ0) is 12.1. The van der Waals surface area contributed by atoms with E-state index in [0.29, 0.717) is 18.1 Å². The van der Waals surface area contributed by atoms with Crippen LogP contribution in [-0.4, -0.2) is 28.6 Å². The standard InChI is InChI=1S/C12H16ClNO2/c1-3-14(9(2)12(15)16)8-10-6-4-5-7-11(10)13/h4-7,9H,3,8H2,1-2H3,(H,15,16). The topological polar surface area (TPSA) is 40.5 Å². The highest BCUT2D eigenvalue weighted by atomic mass is 35.5. The Balaban J connectivity index is 2.78. The highest BCUT2D eigenvalue weighted by Crippen LogP contribution is 2.18. The lowest BCUT2D eigenvalue weighted by Crippen LogP contribution is -2.38. The van der Waals surface area contributed by atoms with Crippen LogP contribution in [0.25, 0.3) is 0 Å². The maximum Gasteiger partial charge on any atom is 0.320 e. The molecule has 88 valence electrons. The van der Waals surface area contributed by atoms with Crippen molar-refractivity contribution in [2.75, 3.05) is 6.54 Å². The van der Waals surface area contributed by atoms with Crippen LogP contribution in [-0.2, 0) is 11.3 Å². The van der Waals surface area contributed by atoms with E-state index in [0.717, 1.165) is 5.56 Å². The van der Waals surface area contributed by atoms with Gasteiger partial charge in [-0.05, 0) is 25.1 Å². The largest absolute Gasteiger partial charge is 0.480 e. The molecule has 0 radical (unpaired) electrons. The average Bonchev–Trinajstić information content (AvgIpc) is 2.27. The zero-order valence-electron chi connectivity index (χ0n) is 9.48. The molecule has 0 bridgehead atoms. The molecule has 0 saturated heterocycles. The van der Waals surface area contributed by atoms with Gasteiger partial charge in [0.25, 0.3) is 0 Å². The molecule has 0 aliphatic heterocycles. The van der Waals surface area contributed by atoms with E-state index in [-0.39, 0.29) is 0 Å². The number of halogens is 1. The minimum atomic E-state index is -0.811. The van der Waals surface area contributed by atoms with Gasteiger partial charge < -0.3 is 5.11 Å². The maximum atomic E-state index is 10.9. The van der Waals surface area contributed by atoms with E-state index in [1.54, 1.807) is 6.92 Å². The van der Waals surface area contributed by atoms with Crippen LogP contribution in [0.3, 0.4) is 0 Å². The molecule has 0 heterocycles. The Bertz CT molecular complexity index is 368. The Kier molecular flexibility index (Phi) is 4.77. The van der Waals surface area contributed by atoms with Gasteiger partial charge in [0.05, 0.1) is 0 Å². The minimum absolute atomic E-state index is 0.499. The predicted molar refractivity (Wildman–Crippen MR) is 64.6 cm³/mol. The summed E-state index contributed by atoms with van der Waals surface area (Å²) in [5.41, 5.74) is 0.958. The molecule has 16 heavy (non-hydrogen) atoms. The molecule has 1 aromatic carbocycles. The molecule has 1 atom stereocenters. The molecule has 0 spiro atoms. The molecule has 0 aliphatic rings. The first-order valence-electron chi connectivity index (χ1n) is 5.26. The number of nitrogens with zero attached hydrogens (tertiary/aromatic N) is 1. The van der Waals surface area contributed by atoms with Crippen LogP contribution < -0.4 is 0 Å². The summed E-state index contributed by atoms with van der Waals surface area (Å²) in [6, 6.07) is 7.00. The molecule has 4 heteroatoms. The SMILES string of the molecule is CCN(Cc1ccccc1Cl)C(C)C(=O)O. The fraction of sp³-hybridized carbons (Fsp3) is 0.417. The third kappa shape index (κ3) is 3.22. The summed E-state index contributed by atoms with van der Waals surface area (Å²) in [5.74, 6) is -0.811. The lowest BCUT2D eigenvalue weighted by Gasteiger charge is -2.24. The lowest BCUT2D eigenvalue weighted by atomic mass is 10.2. The van der Waals surface area contributed by atoms with Gasteiger partial charge in [0.2, 0.25) is 0 Å². The fourth-order valence-corrected chi connectivity index (χ4v) is 1.72. The molecule has 0 aliphatic carbocycles. The molecule has 0 aromatic heterocycles. The van der Waals surface area contributed by atoms with E-state index >= 15 is 0 Å². The Morgan fingerprint density at radius 3 is 2.62 bits per heavy atom. The van der Waals surface area contributed by atoms with Crippen molar-refractivity contribution in [3.05, 3.63) is 34.9 Å². The van der Waals surface area contributed by atoms with Crippen molar-refractivity contribution in [1.29, 1.82) is 0 Å². The first-order valence-corrected chi connectivity index (χ1v) is 5.64. The summed E-state index contributed by atoms with van der Waals surface area (Å²) in [6.07, 6.45) is 0. The molecule has 0 amide bonds. The molecule has 1 unspecified atom stereocenters. The van der Waals surface area contributed by atoms with Crippen LogP contribution in [0.1, 0.15) is 19.4 Å². The number of carboxylic acid groups (broad SMARTS) is 1. The van der Waals surface area contributed by atoms with Crippen LogP contribution >= 0.6 is 11.6 Å². The maximum absolute atomic E-state index is 10.9. The Labute approximate surface area is 101 Å². The number of carboxylic acids is 1. The molecular weight excluding hydrogens is 226 g/mol. The monoisotopic (exact) mass is 241 g/mol. The van der Waals surface area contributed by atoms with E-state index in [1.807, 2.05) is 36.1 Å². The van der Waals surface area contributed by atoms with Crippen LogP contribution in [0.15, 0.2) is 24.3 Å². The van der Waals surface area contributed by atoms with Crippen molar-refractivity contribution in [2.24, 2.45) is 0 Å². The van der Waals surface area contributed by atoms with Crippen LogP contribution in [0.5, 0.6) is 0 Å². The molecule has 0 saturated carbocycles. The summed E-state index contributed by atoms with van der Waals surface area (Å²) in [5, 5.41) is 9.64.